The van der Waals surface area contributed by atoms with E-state index in [-0.39, 0.29) is 17.9 Å². The summed E-state index contributed by atoms with van der Waals surface area (Å²) in [5.41, 5.74) is 0. The summed E-state index contributed by atoms with van der Waals surface area (Å²) in [7, 11) is 1.63. The topological polar surface area (TPSA) is 52.6 Å². The van der Waals surface area contributed by atoms with Crippen LogP contribution in [0.1, 0.15) is 58.8 Å². The number of ketones is 1. The number of unbranched alkanes of at least 4 members (excludes halogenated alkanes) is 3. The molecular weight excluding hydrogens is 232 g/mol. The lowest BCUT2D eigenvalue weighted by Crippen LogP contribution is -2.16. The summed E-state index contributed by atoms with van der Waals surface area (Å²) in [5.74, 6) is 0.103. The molecule has 4 heteroatoms. The lowest BCUT2D eigenvalue weighted by atomic mass is 10.1. The molecule has 0 bridgehead atoms. The highest BCUT2D eigenvalue weighted by molar-refractivity contribution is 5.75. The average molecular weight is 258 g/mol. The van der Waals surface area contributed by atoms with Crippen molar-refractivity contribution in [3.8, 4) is 0 Å². The molecule has 0 aliphatic carbocycles. The minimum absolute atomic E-state index is 0.0739. The minimum Gasteiger partial charge on any atom is -0.463 e. The molecule has 1 unspecified atom stereocenters. The number of Topliss-reactive ketones (excluding diaryl/α,β-unsaturated/α-hetero) is 1. The number of rotatable bonds is 11. The maximum atomic E-state index is 11.4. The van der Waals surface area contributed by atoms with Gasteiger partial charge in [0.25, 0.3) is 0 Å². The number of esters is 1. The van der Waals surface area contributed by atoms with Gasteiger partial charge in [0.1, 0.15) is 11.9 Å². The molecule has 0 saturated carbocycles. The van der Waals surface area contributed by atoms with Crippen LogP contribution in [0, 0.1) is 0 Å². The van der Waals surface area contributed by atoms with E-state index in [4.69, 9.17) is 9.47 Å². The molecule has 0 rings (SSSR count). The molecule has 0 aliphatic heterocycles. The molecule has 0 aromatic carbocycles. The molecule has 1 atom stereocenters. The van der Waals surface area contributed by atoms with Crippen LogP contribution in [0.2, 0.25) is 0 Å². The third-order valence-electron chi connectivity index (χ3n) is 2.72. The van der Waals surface area contributed by atoms with Gasteiger partial charge in [0, 0.05) is 33.0 Å². The fraction of sp³-hybridized carbons (Fsp3) is 0.857. The van der Waals surface area contributed by atoms with Crippen LogP contribution >= 0.6 is 0 Å². The third kappa shape index (κ3) is 11.6. The number of hydrogen-bond donors (Lipinski definition) is 0. The van der Waals surface area contributed by atoms with Crippen molar-refractivity contribution in [1.29, 1.82) is 0 Å². The Labute approximate surface area is 110 Å². The van der Waals surface area contributed by atoms with E-state index in [9.17, 15) is 9.59 Å². The summed E-state index contributed by atoms with van der Waals surface area (Å²) in [6, 6.07) is 0. The summed E-state index contributed by atoms with van der Waals surface area (Å²) in [4.78, 5) is 22.1. The molecule has 0 amide bonds. The van der Waals surface area contributed by atoms with Crippen LogP contribution < -0.4 is 0 Å². The van der Waals surface area contributed by atoms with Gasteiger partial charge in [0.15, 0.2) is 0 Å². The van der Waals surface area contributed by atoms with Crippen molar-refractivity contribution in [1.82, 2.24) is 0 Å². The van der Waals surface area contributed by atoms with Crippen molar-refractivity contribution in [2.75, 3.05) is 13.7 Å². The quantitative estimate of drug-likeness (QED) is 0.422. The zero-order valence-electron chi connectivity index (χ0n) is 11.9. The highest BCUT2D eigenvalue weighted by Gasteiger charge is 2.08. The largest absolute Gasteiger partial charge is 0.463 e. The van der Waals surface area contributed by atoms with Crippen molar-refractivity contribution in [2.24, 2.45) is 0 Å². The molecule has 18 heavy (non-hydrogen) atoms. The van der Waals surface area contributed by atoms with Gasteiger partial charge in [-0.15, -0.1) is 0 Å². The van der Waals surface area contributed by atoms with Gasteiger partial charge in [-0.05, 0) is 26.7 Å². The Bertz CT molecular complexity index is 238. The van der Waals surface area contributed by atoms with Crippen molar-refractivity contribution in [2.45, 2.75) is 64.9 Å². The van der Waals surface area contributed by atoms with Gasteiger partial charge in [0.2, 0.25) is 0 Å². The van der Waals surface area contributed by atoms with E-state index in [1.165, 1.54) is 0 Å². The van der Waals surface area contributed by atoms with Crippen molar-refractivity contribution in [3.63, 3.8) is 0 Å². The molecule has 0 aromatic heterocycles. The lowest BCUT2D eigenvalue weighted by molar-refractivity contribution is -0.149. The Kier molecular flexibility index (Phi) is 10.6. The summed E-state index contributed by atoms with van der Waals surface area (Å²) >= 11 is 0. The van der Waals surface area contributed by atoms with E-state index in [2.05, 4.69) is 0 Å². The van der Waals surface area contributed by atoms with Gasteiger partial charge < -0.3 is 14.3 Å². The molecule has 0 heterocycles. The van der Waals surface area contributed by atoms with Crippen LogP contribution in [0.15, 0.2) is 0 Å². The van der Waals surface area contributed by atoms with Crippen molar-refractivity contribution in [3.05, 3.63) is 0 Å². The van der Waals surface area contributed by atoms with E-state index in [1.807, 2.05) is 6.92 Å². The fourth-order valence-electron chi connectivity index (χ4n) is 1.62. The Hall–Kier alpha value is -0.900. The molecule has 0 aromatic rings. The lowest BCUT2D eigenvalue weighted by Gasteiger charge is -2.12. The second-order valence-electron chi connectivity index (χ2n) is 4.70. The maximum absolute atomic E-state index is 11.4. The monoisotopic (exact) mass is 258 g/mol. The molecule has 0 N–H and O–H groups in total. The maximum Gasteiger partial charge on any atom is 0.306 e. The van der Waals surface area contributed by atoms with Crippen LogP contribution in [-0.4, -0.2) is 31.6 Å². The van der Waals surface area contributed by atoms with E-state index in [1.54, 1.807) is 14.0 Å². The number of carbonyl (C=O) groups excluding carboxylic acids is 2. The zero-order valence-corrected chi connectivity index (χ0v) is 11.9. The molecule has 0 fully saturated rings. The van der Waals surface area contributed by atoms with Crippen LogP contribution in [0.3, 0.4) is 0 Å². The predicted molar refractivity (Wildman–Crippen MR) is 70.4 cm³/mol. The second-order valence-corrected chi connectivity index (χ2v) is 4.70. The van der Waals surface area contributed by atoms with Gasteiger partial charge in [-0.1, -0.05) is 12.8 Å². The van der Waals surface area contributed by atoms with E-state index >= 15 is 0 Å². The van der Waals surface area contributed by atoms with Gasteiger partial charge in [-0.3, -0.25) is 4.79 Å². The van der Waals surface area contributed by atoms with Crippen LogP contribution in [0.25, 0.3) is 0 Å². The minimum atomic E-state index is -0.134. The van der Waals surface area contributed by atoms with Crippen LogP contribution in [0.4, 0.5) is 0 Å². The molecule has 0 spiro atoms. The zero-order chi connectivity index (χ0) is 13.8. The Morgan fingerprint density at radius 2 is 1.67 bits per heavy atom. The summed E-state index contributed by atoms with van der Waals surface area (Å²) in [6.45, 7) is 4.10. The smallest absolute Gasteiger partial charge is 0.306 e. The molecule has 0 aliphatic rings. The highest BCUT2D eigenvalue weighted by Crippen LogP contribution is 2.08. The number of methoxy groups -OCH3 is 1. The first kappa shape index (κ1) is 17.1. The first-order chi connectivity index (χ1) is 8.56. The fourth-order valence-corrected chi connectivity index (χ4v) is 1.62. The third-order valence-corrected chi connectivity index (χ3v) is 2.72. The Morgan fingerprint density at radius 3 is 2.22 bits per heavy atom. The van der Waals surface area contributed by atoms with E-state index in [0.29, 0.717) is 19.4 Å². The predicted octanol–water partition coefficient (Wildman–Crippen LogP) is 2.88. The first-order valence-electron chi connectivity index (χ1n) is 6.74. The van der Waals surface area contributed by atoms with E-state index in [0.717, 1.165) is 32.1 Å². The van der Waals surface area contributed by atoms with Crippen LogP contribution in [-0.2, 0) is 19.1 Å². The average Bonchev–Trinajstić information content (AvgIpc) is 2.30. The Balaban J connectivity index is 3.39. The molecular formula is C14H26O4. The molecule has 0 radical (unpaired) electrons. The van der Waals surface area contributed by atoms with Gasteiger partial charge in [-0.2, -0.15) is 0 Å². The van der Waals surface area contributed by atoms with Crippen molar-refractivity contribution < 1.29 is 19.1 Å². The van der Waals surface area contributed by atoms with Crippen LogP contribution in [0.5, 0.6) is 0 Å². The summed E-state index contributed by atoms with van der Waals surface area (Å²) < 4.78 is 10.1. The van der Waals surface area contributed by atoms with Gasteiger partial charge >= 0.3 is 5.97 Å². The molecule has 4 nitrogen and oxygen atoms in total. The Morgan fingerprint density at radius 1 is 1.06 bits per heavy atom. The number of ether oxygens (including phenoxy) is 2. The number of carbonyl (C=O) groups is 2. The molecule has 106 valence electrons. The molecule has 0 saturated heterocycles. The normalized spacial score (nSPS) is 12.2. The number of hydrogen-bond acceptors (Lipinski definition) is 4. The summed E-state index contributed by atoms with van der Waals surface area (Å²) in [5, 5.41) is 0. The SMILES string of the molecule is COCCC(C)OC(=O)CCCCCCC(C)=O. The van der Waals surface area contributed by atoms with Crippen molar-refractivity contribution >= 4 is 11.8 Å². The summed E-state index contributed by atoms with van der Waals surface area (Å²) in [6.07, 6.45) is 5.54. The highest BCUT2D eigenvalue weighted by atomic mass is 16.5. The van der Waals surface area contributed by atoms with Gasteiger partial charge in [0.05, 0.1) is 0 Å². The van der Waals surface area contributed by atoms with E-state index < -0.39 is 0 Å². The second kappa shape index (κ2) is 11.2. The van der Waals surface area contributed by atoms with Gasteiger partial charge in [-0.25, -0.2) is 0 Å². The first-order valence-corrected chi connectivity index (χ1v) is 6.74. The standard InChI is InChI=1S/C14H26O4/c1-12(15)8-6-4-5-7-9-14(16)18-13(2)10-11-17-3/h13H,4-11H2,1-3H3.